The van der Waals surface area contributed by atoms with E-state index in [9.17, 15) is 0 Å². The molecule has 0 saturated carbocycles. The molecular formula is C56H40N4O. The second-order valence-electron chi connectivity index (χ2n) is 14.3. The molecule has 290 valence electrons. The minimum absolute atomic E-state index is 0.141. The minimum Gasteiger partial charge on any atom is -0.458 e. The van der Waals surface area contributed by atoms with Crippen molar-refractivity contribution in [3.05, 3.63) is 224 Å². The molecular weight excluding hydrogens is 745 g/mol. The standard InChI is InChI=1S/C56H40N4O/c1-2-39-34-55(57-37-50(39)42-22-10-5-11-23-42)60-51-29-13-12-26-48(51)49-33-32-45(36-54(49)60)61-44-25-16-24-43(35-44)58-38-59(53-31-15-14-30-52(53)58)56-46(40-18-6-3-7-19-40)27-17-28-47(56)41-20-8-4-9-21-41/h3-37H,2H2,1H3/i2D2,3D,4D,6D,7D,8D,9D,18D,19D,20D,21D. The van der Waals surface area contributed by atoms with Gasteiger partial charge in [0.1, 0.15) is 17.3 Å². The number of nitrogens with zero attached hydrogens (tertiary/aromatic N) is 4. The number of benzene rings is 8. The second kappa shape index (κ2) is 15.3. The predicted octanol–water partition coefficient (Wildman–Crippen LogP) is 13.6. The number of ether oxygens (including phenoxy) is 1. The summed E-state index contributed by atoms with van der Waals surface area (Å²) in [4.78, 5) is 4.93. The van der Waals surface area contributed by atoms with Crippen molar-refractivity contribution in [3.8, 4) is 62.1 Å². The molecule has 61 heavy (non-hydrogen) atoms. The van der Waals surface area contributed by atoms with Crippen LogP contribution in [0, 0.1) is 6.33 Å². The molecule has 3 aromatic heterocycles. The monoisotopic (exact) mass is 796 g/mol. The van der Waals surface area contributed by atoms with Gasteiger partial charge in [-0.3, -0.25) is 13.7 Å². The Balaban J connectivity index is 1.06. The largest absolute Gasteiger partial charge is 0.458 e. The Morgan fingerprint density at radius 1 is 0.590 bits per heavy atom. The first-order chi connectivity index (χ1) is 35.0. The van der Waals surface area contributed by atoms with E-state index in [1.165, 1.54) is 0 Å². The van der Waals surface area contributed by atoms with E-state index in [0.29, 0.717) is 45.2 Å². The lowest BCUT2D eigenvalue weighted by molar-refractivity contribution is -0.571. The molecule has 0 aliphatic rings. The second-order valence-corrected chi connectivity index (χ2v) is 14.3. The molecule has 3 heterocycles. The Hall–Kier alpha value is -8.02. The van der Waals surface area contributed by atoms with Crippen LogP contribution in [0.5, 0.6) is 11.5 Å². The van der Waals surface area contributed by atoms with Crippen LogP contribution in [0.2, 0.25) is 0 Å². The van der Waals surface area contributed by atoms with Crippen molar-refractivity contribution in [1.82, 2.24) is 14.1 Å². The molecule has 0 amide bonds. The lowest BCUT2D eigenvalue weighted by atomic mass is 9.95. The summed E-state index contributed by atoms with van der Waals surface area (Å²) >= 11 is 0. The quantitative estimate of drug-likeness (QED) is 0.108. The van der Waals surface area contributed by atoms with Crippen molar-refractivity contribution >= 4 is 32.8 Å². The molecule has 0 radical (unpaired) electrons. The number of rotatable bonds is 9. The molecule has 0 aliphatic heterocycles. The van der Waals surface area contributed by atoms with Gasteiger partial charge in [0, 0.05) is 31.3 Å². The van der Waals surface area contributed by atoms with Crippen LogP contribution in [0.15, 0.2) is 212 Å². The van der Waals surface area contributed by atoms with Crippen molar-refractivity contribution < 1.29 is 25.8 Å². The third-order valence-corrected chi connectivity index (χ3v) is 10.8. The number of para-hydroxylation sites is 4. The first-order valence-corrected chi connectivity index (χ1v) is 19.6. The summed E-state index contributed by atoms with van der Waals surface area (Å²) in [5, 5.41) is 1.92. The first kappa shape index (κ1) is 25.5. The third-order valence-electron chi connectivity index (χ3n) is 10.8. The lowest BCUT2D eigenvalue weighted by Gasteiger charge is -2.17. The Kier molecular flexibility index (Phi) is 6.38. The smallest absolute Gasteiger partial charge is 0.269 e. The number of aryl methyl sites for hydroxylation is 1. The number of aromatic nitrogens is 4. The lowest BCUT2D eigenvalue weighted by Crippen LogP contribution is -2.31. The molecule has 0 N–H and O–H groups in total. The molecule has 0 bridgehead atoms. The molecule has 0 saturated heterocycles. The Morgan fingerprint density at radius 3 is 2.00 bits per heavy atom. The molecule has 0 aliphatic carbocycles. The van der Waals surface area contributed by atoms with Gasteiger partial charge in [0.05, 0.1) is 47.1 Å². The molecule has 11 aromatic rings. The highest BCUT2D eigenvalue weighted by Gasteiger charge is 2.20. The SMILES string of the molecule is [2H]c1c([2H])c([2H])c(-c2cccc(-c3c([2H])c([2H])c([2H])c([2H])c3[2H])c2-[n+]2[c-]n(-c3cccc(Oc4ccc5c6ccccc6n(-c6cc(C([2H])([2H])C)c(-c7ccccc7)cn6)c5c4)c3)c3ccccc32)c([2H])c1[2H]. The summed E-state index contributed by atoms with van der Waals surface area (Å²) in [6.45, 7) is 1.55. The third kappa shape index (κ3) is 6.44. The van der Waals surface area contributed by atoms with E-state index >= 15 is 0 Å². The minimum atomic E-state index is -1.69. The van der Waals surface area contributed by atoms with E-state index in [1.54, 1.807) is 46.5 Å². The summed E-state index contributed by atoms with van der Waals surface area (Å²) in [6, 6.07) is 39.2. The average molecular weight is 797 g/mol. The molecule has 0 spiro atoms. The fraction of sp³-hybridized carbons (Fsp3) is 0.0357. The van der Waals surface area contributed by atoms with Crippen LogP contribution in [0.1, 0.15) is 28.9 Å². The summed E-state index contributed by atoms with van der Waals surface area (Å²) < 4.78 is 117. The highest BCUT2D eigenvalue weighted by atomic mass is 16.5. The maximum absolute atomic E-state index is 9.01. The van der Waals surface area contributed by atoms with Crippen LogP contribution >= 0.6 is 0 Å². The van der Waals surface area contributed by atoms with E-state index in [1.807, 2.05) is 126 Å². The van der Waals surface area contributed by atoms with Crippen LogP contribution in [0.25, 0.3) is 83.4 Å². The van der Waals surface area contributed by atoms with Crippen molar-refractivity contribution in [1.29, 1.82) is 0 Å². The van der Waals surface area contributed by atoms with E-state index in [4.69, 9.17) is 26.2 Å². The molecule has 11 rings (SSSR count). The molecule has 0 atom stereocenters. The summed E-state index contributed by atoms with van der Waals surface area (Å²) in [6.07, 6.45) is 3.46. The van der Waals surface area contributed by atoms with E-state index in [2.05, 4.69) is 6.33 Å². The number of hydrogen-bond donors (Lipinski definition) is 0. The van der Waals surface area contributed by atoms with Crippen molar-refractivity contribution in [2.75, 3.05) is 0 Å². The maximum Gasteiger partial charge on any atom is 0.269 e. The predicted molar refractivity (Wildman–Crippen MR) is 248 cm³/mol. The Labute approximate surface area is 371 Å². The fourth-order valence-corrected chi connectivity index (χ4v) is 8.08. The topological polar surface area (TPSA) is 35.9 Å². The van der Waals surface area contributed by atoms with Crippen molar-refractivity contribution in [2.45, 2.75) is 13.3 Å². The maximum atomic E-state index is 9.01. The highest BCUT2D eigenvalue weighted by Crippen LogP contribution is 2.38. The molecule has 5 nitrogen and oxygen atoms in total. The van der Waals surface area contributed by atoms with Gasteiger partial charge in [0.2, 0.25) is 0 Å². The van der Waals surface area contributed by atoms with Crippen LogP contribution in [-0.4, -0.2) is 14.1 Å². The van der Waals surface area contributed by atoms with E-state index in [0.717, 1.165) is 27.4 Å². The normalized spacial score (nSPS) is 14.4. The van der Waals surface area contributed by atoms with Gasteiger partial charge in [-0.15, -0.1) is 0 Å². The zero-order valence-corrected chi connectivity index (χ0v) is 32.6. The van der Waals surface area contributed by atoms with E-state index < -0.39 is 66.8 Å². The number of pyridine rings is 1. The van der Waals surface area contributed by atoms with Gasteiger partial charge in [-0.05, 0) is 82.2 Å². The van der Waals surface area contributed by atoms with Crippen LogP contribution < -0.4 is 9.30 Å². The first-order valence-electron chi connectivity index (χ1n) is 25.6. The fourth-order valence-electron chi connectivity index (χ4n) is 8.08. The van der Waals surface area contributed by atoms with Gasteiger partial charge >= 0.3 is 0 Å². The molecule has 0 unspecified atom stereocenters. The van der Waals surface area contributed by atoms with Gasteiger partial charge < -0.3 is 4.74 Å². The zero-order valence-electron chi connectivity index (χ0n) is 44.6. The molecule has 8 aromatic carbocycles. The van der Waals surface area contributed by atoms with Crippen molar-refractivity contribution in [3.63, 3.8) is 0 Å². The Bertz CT molecular complexity index is 3930. The number of hydrogen-bond acceptors (Lipinski definition) is 2. The molecule has 0 fully saturated rings. The summed E-state index contributed by atoms with van der Waals surface area (Å²) in [5.41, 5.74) is 5.63. The molecule has 5 heteroatoms. The summed E-state index contributed by atoms with van der Waals surface area (Å²) in [5.74, 6) is 1.51. The van der Waals surface area contributed by atoms with Crippen LogP contribution in [-0.2, 0) is 6.37 Å². The van der Waals surface area contributed by atoms with Gasteiger partial charge in [-0.25, -0.2) is 4.98 Å². The Morgan fingerprint density at radius 2 is 1.25 bits per heavy atom. The number of fused-ring (bicyclic) bond motifs is 4. The van der Waals surface area contributed by atoms with Crippen LogP contribution in [0.4, 0.5) is 0 Å². The van der Waals surface area contributed by atoms with Gasteiger partial charge in [-0.2, -0.15) is 0 Å². The van der Waals surface area contributed by atoms with Gasteiger partial charge in [0.15, 0.2) is 0 Å². The average Bonchev–Trinajstić information content (AvgIpc) is 3.94. The van der Waals surface area contributed by atoms with Crippen LogP contribution in [0.3, 0.4) is 0 Å². The zero-order chi connectivity index (χ0) is 51.2. The van der Waals surface area contributed by atoms with Gasteiger partial charge in [-0.1, -0.05) is 164 Å². The van der Waals surface area contributed by atoms with Gasteiger partial charge in [0.25, 0.3) is 6.33 Å². The highest BCUT2D eigenvalue weighted by molar-refractivity contribution is 6.09. The van der Waals surface area contributed by atoms with Crippen molar-refractivity contribution in [2.24, 2.45) is 0 Å². The number of imidazole rings is 1. The summed E-state index contributed by atoms with van der Waals surface area (Å²) in [7, 11) is 0. The van der Waals surface area contributed by atoms with E-state index in [-0.39, 0.29) is 27.9 Å².